The van der Waals surface area contributed by atoms with Crippen LogP contribution in [-0.4, -0.2) is 74.1 Å². The number of Topliss-reactive ketones (excluding diaryl/α,β-unsaturated/α-hetero) is 1. The summed E-state index contributed by atoms with van der Waals surface area (Å²) in [5.74, 6) is 0.206. The Morgan fingerprint density at radius 2 is 1.42 bits per heavy atom. The number of benzene rings is 1. The first kappa shape index (κ1) is 51.9. The minimum atomic E-state index is -2.06. The van der Waals surface area contributed by atoms with Crippen LogP contribution in [0.1, 0.15) is 135 Å². The Hall–Kier alpha value is -3.10. The van der Waals surface area contributed by atoms with Gasteiger partial charge >= 0.3 is 0 Å². The van der Waals surface area contributed by atoms with E-state index in [1.165, 1.54) is 77.6 Å². The summed E-state index contributed by atoms with van der Waals surface area (Å²) >= 11 is 0. The maximum Gasteiger partial charge on any atom is 0.243 e. The minimum Gasteiger partial charge on any atom is -0.483 e. The molecule has 324 valence electrons. The van der Waals surface area contributed by atoms with Gasteiger partial charge in [0.1, 0.15) is 6.04 Å². The average Bonchev–Trinajstić information content (AvgIpc) is 3.17. The molecular formula is C47H83N6O3P. The Bertz CT molecular complexity index is 1410. The van der Waals surface area contributed by atoms with Crippen molar-refractivity contribution in [3.8, 4) is 0 Å². The zero-order chi connectivity index (χ0) is 42.6. The SMILES string of the molecule is C=C(CC(NC(=C)C(C)NC(=O)C(Cc1ccc(C)cc1)NC(=C)C(CN)NC)C(C)=O)OP(=C)(CC)CCC(N)C/C=C/CCCCCCCCCCCCC. The first-order chi connectivity index (χ1) is 27.2. The van der Waals surface area contributed by atoms with E-state index in [9.17, 15) is 9.59 Å². The van der Waals surface area contributed by atoms with Gasteiger partial charge < -0.3 is 37.3 Å². The van der Waals surface area contributed by atoms with Gasteiger partial charge in [0, 0.05) is 50.1 Å². The number of unbranched alkanes of at least 4 members (excludes halogenated alkanes) is 11. The zero-order valence-electron chi connectivity index (χ0n) is 36.9. The summed E-state index contributed by atoms with van der Waals surface area (Å²) < 4.78 is 6.43. The van der Waals surface area contributed by atoms with Crippen LogP contribution >= 0.6 is 7.11 Å². The maximum absolute atomic E-state index is 13.7. The molecule has 0 heterocycles. The fourth-order valence-electron chi connectivity index (χ4n) is 6.62. The molecule has 10 heteroatoms. The number of allylic oxidation sites excluding steroid dienone is 1. The molecule has 6 atom stereocenters. The largest absolute Gasteiger partial charge is 0.483 e. The summed E-state index contributed by atoms with van der Waals surface area (Å²) in [6, 6.07) is 6.23. The van der Waals surface area contributed by atoms with Crippen LogP contribution in [0.3, 0.4) is 0 Å². The van der Waals surface area contributed by atoms with Gasteiger partial charge in [-0.2, -0.15) is 0 Å². The van der Waals surface area contributed by atoms with Crippen molar-refractivity contribution in [1.82, 2.24) is 21.3 Å². The third kappa shape index (κ3) is 23.2. The van der Waals surface area contributed by atoms with Gasteiger partial charge in [-0.05, 0) is 65.2 Å². The van der Waals surface area contributed by atoms with Gasteiger partial charge in [0.15, 0.2) is 5.78 Å². The number of hydrogen-bond donors (Lipinski definition) is 6. The van der Waals surface area contributed by atoms with Crippen molar-refractivity contribution in [3.63, 3.8) is 0 Å². The molecule has 0 bridgehead atoms. The van der Waals surface area contributed by atoms with E-state index in [0.29, 0.717) is 30.1 Å². The van der Waals surface area contributed by atoms with E-state index in [2.05, 4.69) is 73.3 Å². The summed E-state index contributed by atoms with van der Waals surface area (Å²) in [6.07, 6.45) is 29.0. The van der Waals surface area contributed by atoms with Gasteiger partial charge in [0.05, 0.1) is 23.9 Å². The summed E-state index contributed by atoms with van der Waals surface area (Å²) in [7, 11) is -0.253. The molecule has 0 spiro atoms. The highest BCUT2D eigenvalue weighted by Crippen LogP contribution is 2.49. The molecule has 0 saturated heterocycles. The number of nitrogens with one attached hydrogen (secondary N) is 4. The van der Waals surface area contributed by atoms with Gasteiger partial charge in [-0.1, -0.05) is 146 Å². The Kier molecular flexibility index (Phi) is 27.3. The number of ketones is 1. The lowest BCUT2D eigenvalue weighted by Crippen LogP contribution is -2.52. The van der Waals surface area contributed by atoms with Crippen molar-refractivity contribution >= 4 is 25.1 Å². The van der Waals surface area contributed by atoms with Crippen molar-refractivity contribution in [2.24, 2.45) is 11.5 Å². The van der Waals surface area contributed by atoms with E-state index in [1.807, 2.05) is 38.1 Å². The number of carbonyl (C=O) groups excluding carboxylic acids is 2. The zero-order valence-corrected chi connectivity index (χ0v) is 37.8. The Balaban J connectivity index is 2.61. The van der Waals surface area contributed by atoms with Crippen molar-refractivity contribution < 1.29 is 14.1 Å². The number of amides is 1. The first-order valence-corrected chi connectivity index (χ1v) is 24.1. The second-order valence-electron chi connectivity index (χ2n) is 16.1. The van der Waals surface area contributed by atoms with Crippen LogP contribution in [-0.2, 0) is 20.5 Å². The van der Waals surface area contributed by atoms with Crippen LogP contribution in [0.2, 0.25) is 0 Å². The van der Waals surface area contributed by atoms with Gasteiger partial charge in [-0.3, -0.25) is 9.59 Å². The Morgan fingerprint density at radius 3 is 1.96 bits per heavy atom. The fourth-order valence-corrected chi connectivity index (χ4v) is 8.58. The van der Waals surface area contributed by atoms with Crippen LogP contribution in [0.15, 0.2) is 73.3 Å². The number of aryl methyl sites for hydroxylation is 1. The van der Waals surface area contributed by atoms with Crippen LogP contribution in [0.4, 0.5) is 0 Å². The predicted molar refractivity (Wildman–Crippen MR) is 249 cm³/mol. The molecule has 57 heavy (non-hydrogen) atoms. The van der Waals surface area contributed by atoms with E-state index in [4.69, 9.17) is 16.0 Å². The molecule has 0 saturated carbocycles. The highest BCUT2D eigenvalue weighted by atomic mass is 31.2. The second-order valence-corrected chi connectivity index (χ2v) is 19.4. The van der Waals surface area contributed by atoms with Crippen LogP contribution in [0, 0.1) is 6.92 Å². The summed E-state index contributed by atoms with van der Waals surface area (Å²) in [6.45, 7) is 22.6. The van der Waals surface area contributed by atoms with Crippen molar-refractivity contribution in [2.45, 2.75) is 168 Å². The average molecular weight is 811 g/mol. The molecule has 0 radical (unpaired) electrons. The number of rotatable bonds is 35. The Morgan fingerprint density at radius 1 is 0.842 bits per heavy atom. The highest BCUT2D eigenvalue weighted by Gasteiger charge is 2.26. The van der Waals surface area contributed by atoms with Crippen LogP contribution < -0.4 is 32.7 Å². The predicted octanol–water partition coefficient (Wildman–Crippen LogP) is 8.79. The molecular weight excluding hydrogens is 728 g/mol. The molecule has 0 aromatic heterocycles. The van der Waals surface area contributed by atoms with Crippen LogP contribution in [0.5, 0.6) is 0 Å². The van der Waals surface area contributed by atoms with Crippen molar-refractivity contribution in [1.29, 1.82) is 0 Å². The number of carbonyl (C=O) groups is 2. The molecule has 8 N–H and O–H groups in total. The third-order valence-corrected chi connectivity index (χ3v) is 13.7. The van der Waals surface area contributed by atoms with Crippen molar-refractivity contribution in [2.75, 3.05) is 25.9 Å². The normalized spacial score (nSPS) is 15.2. The lowest BCUT2D eigenvalue weighted by atomic mass is 10.0. The van der Waals surface area contributed by atoms with E-state index >= 15 is 0 Å². The summed E-state index contributed by atoms with van der Waals surface area (Å²) in [5, 5.41) is 12.7. The molecule has 0 aliphatic rings. The third-order valence-electron chi connectivity index (χ3n) is 10.8. The summed E-state index contributed by atoms with van der Waals surface area (Å²) in [5.41, 5.74) is 15.7. The number of nitrogens with two attached hydrogens (primary N) is 2. The quantitative estimate of drug-likeness (QED) is 0.0173. The van der Waals surface area contributed by atoms with E-state index in [-0.39, 0.29) is 30.2 Å². The topological polar surface area (TPSA) is 144 Å². The van der Waals surface area contributed by atoms with Gasteiger partial charge in [-0.15, -0.1) is 0 Å². The maximum atomic E-state index is 13.7. The highest BCUT2D eigenvalue weighted by molar-refractivity contribution is 7.69. The lowest BCUT2D eigenvalue weighted by Gasteiger charge is -2.30. The molecule has 1 rings (SSSR count). The molecule has 0 aliphatic heterocycles. The number of likely N-dealkylation sites (N-methyl/N-ethyl adjacent to an activating group) is 1. The lowest BCUT2D eigenvalue weighted by molar-refractivity contribution is -0.123. The molecule has 1 aromatic carbocycles. The van der Waals surface area contributed by atoms with E-state index < -0.39 is 25.2 Å². The first-order valence-electron chi connectivity index (χ1n) is 21.8. The second kappa shape index (κ2) is 30.0. The van der Waals surface area contributed by atoms with E-state index in [1.54, 1.807) is 7.05 Å². The standard InChI is InChI=1S/C47H83N6O3P/c1-11-13-14-15-16-17-18-19-20-21-22-23-24-25-26-43(49)31-32-57(10,12-2)56-37(4)33-44(41(8)54)51-38(5)39(6)53-47(55)45(52-40(7)46(35-48)50-9)34-42-29-27-36(3)28-30-42/h24-25,27-30,39,43-46,50-52H,4-5,7,10-23,26,31-35,48-49H2,1-3,6,8-9H3,(H,53,55)/b25-24+. The number of hydrogen-bond acceptors (Lipinski definition) is 8. The van der Waals surface area contributed by atoms with Gasteiger partial charge in [0.25, 0.3) is 0 Å². The van der Waals surface area contributed by atoms with E-state index in [0.717, 1.165) is 42.7 Å². The molecule has 9 nitrogen and oxygen atoms in total. The van der Waals surface area contributed by atoms with Crippen LogP contribution in [0.25, 0.3) is 0 Å². The minimum absolute atomic E-state index is 0.0462. The fraction of sp³-hybridized carbons (Fsp3) is 0.638. The monoisotopic (exact) mass is 811 g/mol. The molecule has 6 unspecified atom stereocenters. The molecule has 0 aliphatic carbocycles. The smallest absolute Gasteiger partial charge is 0.243 e. The molecule has 1 aromatic rings. The summed E-state index contributed by atoms with van der Waals surface area (Å²) in [4.78, 5) is 26.5. The Labute approximate surface area is 348 Å². The van der Waals surface area contributed by atoms with Crippen molar-refractivity contribution in [3.05, 3.63) is 84.4 Å². The molecule has 0 fully saturated rings. The van der Waals surface area contributed by atoms with Gasteiger partial charge in [-0.25, -0.2) is 0 Å². The molecule has 1 amide bonds. The van der Waals surface area contributed by atoms with Gasteiger partial charge in [0.2, 0.25) is 5.91 Å².